The van der Waals surface area contributed by atoms with Crippen LogP contribution in [0.5, 0.6) is 0 Å². The first-order chi connectivity index (χ1) is 12.0. The Morgan fingerprint density at radius 3 is 2.58 bits per heavy atom. The molecular weight excluding hydrogens is 439 g/mol. The molecule has 1 fully saturated rings. The summed E-state index contributed by atoms with van der Waals surface area (Å²) in [7, 11) is 3.52. The van der Waals surface area contributed by atoms with E-state index in [1.807, 2.05) is 18.2 Å². The van der Waals surface area contributed by atoms with Gasteiger partial charge in [0.1, 0.15) is 6.54 Å². The average Bonchev–Trinajstić information content (AvgIpc) is 2.60. The molecule has 0 saturated heterocycles. The minimum absolute atomic E-state index is 0. The van der Waals surface area contributed by atoms with Crippen LogP contribution in [0.15, 0.2) is 35.3 Å². The largest absolute Gasteiger partial charge is 0.354 e. The molecule has 1 aromatic carbocycles. The van der Waals surface area contributed by atoms with Crippen molar-refractivity contribution in [2.24, 2.45) is 10.9 Å². The molecule has 0 spiro atoms. The van der Waals surface area contributed by atoms with E-state index in [0.717, 1.165) is 24.7 Å². The Hall–Kier alpha value is -1.31. The van der Waals surface area contributed by atoms with Crippen molar-refractivity contribution in [2.45, 2.75) is 51.6 Å². The zero-order chi connectivity index (χ0) is 18.2. The Bertz CT molecular complexity index is 576. The van der Waals surface area contributed by atoms with Crippen LogP contribution < -0.4 is 10.6 Å². The van der Waals surface area contributed by atoms with E-state index >= 15 is 0 Å². The monoisotopic (exact) mass is 472 g/mol. The molecule has 1 aliphatic carbocycles. The summed E-state index contributed by atoms with van der Waals surface area (Å²) < 4.78 is 0. The SMILES string of the molecule is CC1CCCC(NC(=NCC(=O)N(C)C)NC(C)c2ccccc2)C1.I. The number of hydrogen-bond acceptors (Lipinski definition) is 2. The first kappa shape index (κ1) is 22.7. The maximum atomic E-state index is 11.9. The molecule has 0 radical (unpaired) electrons. The van der Waals surface area contributed by atoms with Crippen LogP contribution in [-0.4, -0.2) is 43.4 Å². The van der Waals surface area contributed by atoms with Crippen molar-refractivity contribution >= 4 is 35.8 Å². The van der Waals surface area contributed by atoms with E-state index in [2.05, 4.69) is 41.6 Å². The molecule has 3 unspecified atom stereocenters. The van der Waals surface area contributed by atoms with Gasteiger partial charge in [-0.15, -0.1) is 24.0 Å². The van der Waals surface area contributed by atoms with Gasteiger partial charge in [-0.2, -0.15) is 0 Å². The number of benzene rings is 1. The van der Waals surface area contributed by atoms with Crippen LogP contribution in [-0.2, 0) is 4.79 Å². The second kappa shape index (κ2) is 11.4. The van der Waals surface area contributed by atoms with Crippen molar-refractivity contribution in [3.05, 3.63) is 35.9 Å². The smallest absolute Gasteiger partial charge is 0.243 e. The number of aliphatic imine (C=N–C) groups is 1. The van der Waals surface area contributed by atoms with Crippen molar-refractivity contribution in [1.82, 2.24) is 15.5 Å². The third kappa shape index (κ3) is 7.51. The molecule has 1 aromatic rings. The molecular formula is C20H33IN4O. The van der Waals surface area contributed by atoms with E-state index in [0.29, 0.717) is 6.04 Å². The molecule has 6 heteroatoms. The molecule has 3 atom stereocenters. The van der Waals surface area contributed by atoms with Crippen LogP contribution in [0, 0.1) is 5.92 Å². The molecule has 0 bridgehead atoms. The van der Waals surface area contributed by atoms with Gasteiger partial charge in [-0.3, -0.25) is 4.79 Å². The van der Waals surface area contributed by atoms with Crippen LogP contribution in [0.1, 0.15) is 51.1 Å². The molecule has 2 rings (SSSR count). The number of hydrogen-bond donors (Lipinski definition) is 2. The van der Waals surface area contributed by atoms with Gasteiger partial charge in [-0.05, 0) is 31.2 Å². The highest BCUT2D eigenvalue weighted by Crippen LogP contribution is 2.23. The second-order valence-corrected chi connectivity index (χ2v) is 7.34. The summed E-state index contributed by atoms with van der Waals surface area (Å²) in [6, 6.07) is 10.8. The van der Waals surface area contributed by atoms with Crippen molar-refractivity contribution in [2.75, 3.05) is 20.6 Å². The normalized spacial score (nSPS) is 21.3. The summed E-state index contributed by atoms with van der Waals surface area (Å²) in [4.78, 5) is 18.0. The molecule has 26 heavy (non-hydrogen) atoms. The number of carbonyl (C=O) groups excluding carboxylic acids is 1. The molecule has 5 nitrogen and oxygen atoms in total. The zero-order valence-electron chi connectivity index (χ0n) is 16.4. The fourth-order valence-electron chi connectivity index (χ4n) is 3.21. The predicted octanol–water partition coefficient (Wildman–Crippen LogP) is 3.57. The summed E-state index contributed by atoms with van der Waals surface area (Å²) in [5, 5.41) is 7.01. The Balaban J connectivity index is 0.00000338. The average molecular weight is 472 g/mol. The third-order valence-electron chi connectivity index (χ3n) is 4.80. The number of carbonyl (C=O) groups is 1. The number of amides is 1. The summed E-state index contributed by atoms with van der Waals surface area (Å²) in [6.07, 6.45) is 4.86. The van der Waals surface area contributed by atoms with E-state index in [1.165, 1.54) is 18.4 Å². The van der Waals surface area contributed by atoms with Crippen LogP contribution >= 0.6 is 24.0 Å². The number of guanidine groups is 1. The maximum Gasteiger partial charge on any atom is 0.243 e. The quantitative estimate of drug-likeness (QED) is 0.392. The number of nitrogens with zero attached hydrogens (tertiary/aromatic N) is 2. The molecule has 1 amide bonds. The minimum atomic E-state index is 0. The van der Waals surface area contributed by atoms with Gasteiger partial charge in [-0.25, -0.2) is 4.99 Å². The standard InChI is InChI=1S/C20H32N4O.HI/c1-15-9-8-12-18(13-15)23-20(21-14-19(25)24(3)4)22-16(2)17-10-6-5-7-11-17;/h5-7,10-11,15-16,18H,8-9,12-14H2,1-4H3,(H2,21,22,23);1H. The van der Waals surface area contributed by atoms with Gasteiger partial charge < -0.3 is 15.5 Å². The lowest BCUT2D eigenvalue weighted by Gasteiger charge is -2.30. The highest BCUT2D eigenvalue weighted by Gasteiger charge is 2.20. The molecule has 0 aromatic heterocycles. The molecule has 146 valence electrons. The van der Waals surface area contributed by atoms with E-state index in [4.69, 9.17) is 0 Å². The second-order valence-electron chi connectivity index (χ2n) is 7.34. The number of nitrogens with one attached hydrogen (secondary N) is 2. The first-order valence-electron chi connectivity index (χ1n) is 9.28. The number of halogens is 1. The van der Waals surface area contributed by atoms with Crippen LogP contribution in [0.4, 0.5) is 0 Å². The van der Waals surface area contributed by atoms with E-state index in [-0.39, 0.29) is 42.5 Å². The van der Waals surface area contributed by atoms with Crippen molar-refractivity contribution in [3.63, 3.8) is 0 Å². The lowest BCUT2D eigenvalue weighted by Crippen LogP contribution is -2.46. The molecule has 1 saturated carbocycles. The van der Waals surface area contributed by atoms with Crippen LogP contribution in [0.2, 0.25) is 0 Å². The number of likely N-dealkylation sites (N-methyl/N-ethyl adjacent to an activating group) is 1. The minimum Gasteiger partial charge on any atom is -0.354 e. The fourth-order valence-corrected chi connectivity index (χ4v) is 3.21. The van der Waals surface area contributed by atoms with E-state index in [1.54, 1.807) is 19.0 Å². The van der Waals surface area contributed by atoms with Crippen molar-refractivity contribution in [3.8, 4) is 0 Å². The third-order valence-corrected chi connectivity index (χ3v) is 4.80. The van der Waals surface area contributed by atoms with Crippen molar-refractivity contribution < 1.29 is 4.79 Å². The Morgan fingerprint density at radius 2 is 1.96 bits per heavy atom. The van der Waals surface area contributed by atoms with Crippen LogP contribution in [0.3, 0.4) is 0 Å². The van der Waals surface area contributed by atoms with Crippen molar-refractivity contribution in [1.29, 1.82) is 0 Å². The van der Waals surface area contributed by atoms with E-state index < -0.39 is 0 Å². The van der Waals surface area contributed by atoms with Gasteiger partial charge in [-0.1, -0.05) is 50.1 Å². The van der Waals surface area contributed by atoms with Gasteiger partial charge in [0, 0.05) is 20.1 Å². The highest BCUT2D eigenvalue weighted by atomic mass is 127. The van der Waals surface area contributed by atoms with E-state index in [9.17, 15) is 4.79 Å². The summed E-state index contributed by atoms with van der Waals surface area (Å²) in [6.45, 7) is 4.58. The van der Waals surface area contributed by atoms with Gasteiger partial charge in [0.2, 0.25) is 5.91 Å². The Kier molecular flexibility index (Phi) is 9.98. The zero-order valence-corrected chi connectivity index (χ0v) is 18.7. The lowest BCUT2D eigenvalue weighted by molar-refractivity contribution is -0.127. The summed E-state index contributed by atoms with van der Waals surface area (Å²) >= 11 is 0. The predicted molar refractivity (Wildman–Crippen MR) is 119 cm³/mol. The van der Waals surface area contributed by atoms with Crippen LogP contribution in [0.25, 0.3) is 0 Å². The highest BCUT2D eigenvalue weighted by molar-refractivity contribution is 14.0. The van der Waals surface area contributed by atoms with Gasteiger partial charge in [0.25, 0.3) is 0 Å². The summed E-state index contributed by atoms with van der Waals surface area (Å²) in [5.41, 5.74) is 1.20. The maximum absolute atomic E-state index is 11.9. The number of rotatable bonds is 5. The molecule has 1 aliphatic rings. The first-order valence-corrected chi connectivity index (χ1v) is 9.28. The molecule has 2 N–H and O–H groups in total. The van der Waals surface area contributed by atoms with Gasteiger partial charge >= 0.3 is 0 Å². The van der Waals surface area contributed by atoms with Gasteiger partial charge in [0.05, 0.1) is 6.04 Å². The van der Waals surface area contributed by atoms with Gasteiger partial charge in [0.15, 0.2) is 5.96 Å². The molecule has 0 aliphatic heterocycles. The topological polar surface area (TPSA) is 56.7 Å². The Morgan fingerprint density at radius 1 is 1.27 bits per heavy atom. The lowest BCUT2D eigenvalue weighted by atomic mass is 9.87. The Labute approximate surface area is 175 Å². The fraction of sp³-hybridized carbons (Fsp3) is 0.600. The molecule has 0 heterocycles. The summed E-state index contributed by atoms with van der Waals surface area (Å²) in [5.74, 6) is 1.47.